The van der Waals surface area contributed by atoms with Crippen LogP contribution in [-0.4, -0.2) is 135 Å². The highest BCUT2D eigenvalue weighted by Crippen LogP contribution is 2.61. The number of nitrogens with one attached hydrogen (secondary N) is 2. The number of phosphoric acid groups is 3. The Morgan fingerprint density at radius 2 is 1.71 bits per heavy atom. The minimum absolute atomic E-state index is 0.0191. The molecule has 3 heterocycles. The van der Waals surface area contributed by atoms with Crippen LogP contribution in [0.1, 0.15) is 32.9 Å². The van der Waals surface area contributed by atoms with Crippen LogP contribution in [0.3, 0.4) is 0 Å². The molecule has 8 atom stereocenters. The largest absolute Gasteiger partial charge is 0.481 e. The fourth-order valence-electron chi connectivity index (χ4n) is 4.69. The van der Waals surface area contributed by atoms with Gasteiger partial charge in [0.25, 0.3) is 0 Å². The van der Waals surface area contributed by atoms with Crippen molar-refractivity contribution in [3.05, 3.63) is 12.7 Å². The predicted molar refractivity (Wildman–Crippen MR) is 189 cm³/mol. The van der Waals surface area contributed by atoms with Crippen molar-refractivity contribution >= 4 is 75.0 Å². The number of anilines is 1. The van der Waals surface area contributed by atoms with Crippen molar-refractivity contribution in [1.29, 1.82) is 0 Å². The highest BCUT2D eigenvalue weighted by Gasteiger charge is 2.50. The molecule has 1 saturated heterocycles. The Morgan fingerprint density at radius 1 is 1.05 bits per heavy atom. The first kappa shape index (κ1) is 47.4. The standard InChI is InChI=1S/C25H42N9O18P3S/c1-25(2,19(38)22(39)30-4-3-15(36)29-5-6-56-24(40)12(26)7-14(27)35)9-49-55(46,47)52-54(44,45)48-8-13-18(51-53(41,42)43)17(37)23(50-13)34-11-33-16-20(28)31-10-32-21(16)34/h10-13,17-19,23,37-38H,3-9,26H2,1-2H3,(H2,27,35)(H,29,36)(H,30,39)(H,44,45)(H,46,47)(H2,28,31,32)(H2,41,42,43). The summed E-state index contributed by atoms with van der Waals surface area (Å²) in [5, 5.41) is 25.7. The first-order chi connectivity index (χ1) is 25.8. The number of nitrogens with two attached hydrogens (primary N) is 3. The molecule has 1 aliphatic heterocycles. The van der Waals surface area contributed by atoms with Crippen LogP contribution in [0.5, 0.6) is 0 Å². The molecule has 2 aromatic rings. The maximum atomic E-state index is 12.7. The average molecular weight is 882 g/mol. The number of phosphoric ester groups is 3. The van der Waals surface area contributed by atoms with Crippen LogP contribution < -0.4 is 27.8 Å². The van der Waals surface area contributed by atoms with E-state index in [9.17, 15) is 62.7 Å². The summed E-state index contributed by atoms with van der Waals surface area (Å²) in [6, 6.07) is -1.08. The second kappa shape index (κ2) is 19.6. The summed E-state index contributed by atoms with van der Waals surface area (Å²) in [5.41, 5.74) is 14.7. The van der Waals surface area contributed by atoms with Crippen LogP contribution >= 0.6 is 35.2 Å². The minimum atomic E-state index is -5.59. The number of rotatable bonds is 22. The lowest BCUT2D eigenvalue weighted by molar-refractivity contribution is -0.137. The first-order valence-electron chi connectivity index (χ1n) is 15.9. The number of aliphatic hydroxyl groups is 2. The Hall–Kier alpha value is -3.01. The van der Waals surface area contributed by atoms with E-state index in [2.05, 4.69) is 34.4 Å². The van der Waals surface area contributed by atoms with Gasteiger partial charge >= 0.3 is 23.5 Å². The molecular formula is C25H42N9O18P3S. The zero-order valence-corrected chi connectivity index (χ0v) is 32.9. The van der Waals surface area contributed by atoms with Gasteiger partial charge in [-0.1, -0.05) is 25.6 Å². The van der Waals surface area contributed by atoms with Crippen molar-refractivity contribution < 1.29 is 85.3 Å². The number of aliphatic hydroxyl groups excluding tert-OH is 2. The van der Waals surface area contributed by atoms with Crippen LogP contribution in [0.15, 0.2) is 12.7 Å². The molecule has 27 nitrogen and oxygen atoms in total. The smallest absolute Gasteiger partial charge is 0.386 e. The van der Waals surface area contributed by atoms with Gasteiger partial charge in [0.05, 0.1) is 25.6 Å². The lowest BCUT2D eigenvalue weighted by Gasteiger charge is -2.30. The van der Waals surface area contributed by atoms with Crippen LogP contribution in [0.25, 0.3) is 11.2 Å². The molecule has 31 heteroatoms. The number of primary amides is 1. The molecule has 0 aliphatic carbocycles. The average Bonchev–Trinajstić information content (AvgIpc) is 3.64. The number of fused-ring (bicyclic) bond motifs is 1. The van der Waals surface area contributed by atoms with E-state index >= 15 is 0 Å². The van der Waals surface area contributed by atoms with Gasteiger partial charge < -0.3 is 62.4 Å². The van der Waals surface area contributed by atoms with E-state index in [1.807, 2.05) is 0 Å². The summed E-state index contributed by atoms with van der Waals surface area (Å²) < 4.78 is 61.9. The second-order valence-corrected chi connectivity index (χ2v) is 17.8. The fraction of sp³-hybridized carbons (Fsp3) is 0.640. The van der Waals surface area contributed by atoms with Crippen molar-refractivity contribution in [3.63, 3.8) is 0 Å². The monoisotopic (exact) mass is 881 g/mol. The summed E-state index contributed by atoms with van der Waals surface area (Å²) in [6.07, 6.45) is -7.43. The molecule has 0 bridgehead atoms. The van der Waals surface area contributed by atoms with Gasteiger partial charge in [0.1, 0.15) is 36.3 Å². The molecule has 0 saturated carbocycles. The van der Waals surface area contributed by atoms with Gasteiger partial charge in [0.15, 0.2) is 17.7 Å². The molecule has 2 aromatic heterocycles. The lowest BCUT2D eigenvalue weighted by Crippen LogP contribution is -2.46. The zero-order chi connectivity index (χ0) is 42.2. The van der Waals surface area contributed by atoms with Crippen LogP contribution in [0.2, 0.25) is 0 Å². The SMILES string of the molecule is CC(C)(COP(=O)(O)OP(=O)(O)OCC1OC(n2cnc3c(N)ncnc32)C(O)C1OP(=O)(O)O)C(O)C(=O)NCCC(=O)NCCSC(=O)C(N)CC(N)=O. The molecule has 0 radical (unpaired) electrons. The van der Waals surface area contributed by atoms with Crippen LogP contribution in [-0.2, 0) is 55.5 Å². The van der Waals surface area contributed by atoms with Crippen molar-refractivity contribution in [2.45, 2.75) is 63.4 Å². The minimum Gasteiger partial charge on any atom is -0.386 e. The Balaban J connectivity index is 1.49. The van der Waals surface area contributed by atoms with Gasteiger partial charge in [0.2, 0.25) is 22.8 Å². The number of thioether (sulfide) groups is 1. The number of carbonyl (C=O) groups is 4. The number of hydrogen-bond acceptors (Lipinski definition) is 20. The van der Waals surface area contributed by atoms with Crippen molar-refractivity contribution in [3.8, 4) is 0 Å². The van der Waals surface area contributed by atoms with E-state index in [-0.39, 0.29) is 48.7 Å². The number of nitrogens with zero attached hydrogens (tertiary/aromatic N) is 4. The van der Waals surface area contributed by atoms with Gasteiger partial charge in [-0.2, -0.15) is 4.31 Å². The maximum Gasteiger partial charge on any atom is 0.481 e. The van der Waals surface area contributed by atoms with Crippen LogP contribution in [0.4, 0.5) is 5.82 Å². The number of imidazole rings is 1. The summed E-state index contributed by atoms with van der Waals surface area (Å²) in [5.74, 6) is -2.21. The third-order valence-corrected chi connectivity index (χ3v) is 11.6. The Bertz CT molecular complexity index is 1880. The zero-order valence-electron chi connectivity index (χ0n) is 29.4. The number of ether oxygens (including phenoxy) is 1. The Labute approximate surface area is 320 Å². The molecule has 316 valence electrons. The number of amides is 3. The Kier molecular flexibility index (Phi) is 16.6. The maximum absolute atomic E-state index is 12.7. The highest BCUT2D eigenvalue weighted by molar-refractivity contribution is 8.13. The van der Waals surface area contributed by atoms with Crippen LogP contribution in [0, 0.1) is 5.41 Å². The van der Waals surface area contributed by atoms with Crippen molar-refractivity contribution in [1.82, 2.24) is 30.2 Å². The number of nitrogen functional groups attached to an aromatic ring is 1. The second-order valence-electron chi connectivity index (χ2n) is 12.5. The number of carbonyl (C=O) groups excluding carboxylic acids is 4. The quantitative estimate of drug-likeness (QED) is 0.0411. The number of hydrogen-bond donors (Lipinski definition) is 11. The van der Waals surface area contributed by atoms with Gasteiger partial charge in [-0.05, 0) is 0 Å². The number of aromatic nitrogens is 4. The molecule has 0 spiro atoms. The molecule has 0 aromatic carbocycles. The van der Waals surface area contributed by atoms with E-state index in [1.54, 1.807) is 0 Å². The normalized spacial score (nSPS) is 22.2. The predicted octanol–water partition coefficient (Wildman–Crippen LogP) is -3.13. The van der Waals surface area contributed by atoms with Gasteiger partial charge in [0, 0.05) is 37.1 Å². The molecule has 3 amide bonds. The van der Waals surface area contributed by atoms with E-state index in [4.69, 9.17) is 31.0 Å². The molecule has 1 fully saturated rings. The molecule has 3 rings (SSSR count). The lowest BCUT2D eigenvalue weighted by atomic mass is 9.87. The van der Waals surface area contributed by atoms with Crippen molar-refractivity contribution in [2.24, 2.45) is 16.9 Å². The van der Waals surface area contributed by atoms with E-state index in [0.717, 1.165) is 29.0 Å². The van der Waals surface area contributed by atoms with Gasteiger partial charge in [-0.25, -0.2) is 28.6 Å². The Morgan fingerprint density at radius 3 is 2.36 bits per heavy atom. The van der Waals surface area contributed by atoms with Gasteiger partial charge in [-0.3, -0.25) is 37.3 Å². The fourth-order valence-corrected chi connectivity index (χ4v) is 8.22. The first-order valence-corrected chi connectivity index (χ1v) is 21.4. The summed E-state index contributed by atoms with van der Waals surface area (Å²) in [7, 11) is -16.4. The van der Waals surface area contributed by atoms with E-state index < -0.39 is 102 Å². The third-order valence-electron chi connectivity index (χ3n) is 7.47. The highest BCUT2D eigenvalue weighted by atomic mass is 32.2. The summed E-state index contributed by atoms with van der Waals surface area (Å²) in [6.45, 7) is 0.165. The topological polar surface area (TPSA) is 433 Å². The van der Waals surface area contributed by atoms with E-state index in [1.165, 1.54) is 13.8 Å². The molecule has 14 N–H and O–H groups in total. The molecule has 56 heavy (non-hydrogen) atoms. The summed E-state index contributed by atoms with van der Waals surface area (Å²) >= 11 is 0.788. The molecular weight excluding hydrogens is 839 g/mol. The molecule has 8 unspecified atom stereocenters. The third kappa shape index (κ3) is 14.1. The van der Waals surface area contributed by atoms with Crippen molar-refractivity contribution in [2.75, 3.05) is 37.8 Å². The summed E-state index contributed by atoms with van der Waals surface area (Å²) in [4.78, 5) is 98.1. The molecule has 1 aliphatic rings. The van der Waals surface area contributed by atoms with E-state index in [0.29, 0.717) is 0 Å². The van der Waals surface area contributed by atoms with Gasteiger partial charge in [-0.15, -0.1) is 0 Å².